The molecule has 3 rings (SSSR count). The molecule has 2 aromatic rings. The number of amides is 2. The van der Waals surface area contributed by atoms with Crippen LogP contribution in [0.4, 0.5) is 4.79 Å². The fourth-order valence-electron chi connectivity index (χ4n) is 2.74. The van der Waals surface area contributed by atoms with E-state index >= 15 is 0 Å². The van der Waals surface area contributed by atoms with Crippen molar-refractivity contribution in [3.8, 4) is 0 Å². The molecule has 1 fully saturated rings. The van der Waals surface area contributed by atoms with Crippen molar-refractivity contribution in [1.29, 1.82) is 0 Å². The van der Waals surface area contributed by atoms with Gasteiger partial charge in [-0.15, -0.1) is 0 Å². The highest BCUT2D eigenvalue weighted by atomic mass is 32.1. The Hall–Kier alpha value is -1.86. The molecule has 2 aromatic heterocycles. The smallest absolute Gasteiger partial charge is 0.317 e. The Labute approximate surface area is 140 Å². The normalized spacial score (nSPS) is 21.3. The molecule has 0 spiro atoms. The molecule has 2 amide bonds. The maximum atomic E-state index is 12.4. The fourth-order valence-corrected chi connectivity index (χ4v) is 3.44. The van der Waals surface area contributed by atoms with Gasteiger partial charge in [0.2, 0.25) is 0 Å². The van der Waals surface area contributed by atoms with Crippen LogP contribution < -0.4 is 5.32 Å². The number of ether oxygens (including phenoxy) is 1. The van der Waals surface area contributed by atoms with Gasteiger partial charge in [0, 0.05) is 32.0 Å². The molecule has 1 N–H and O–H groups in total. The number of nitrogens with one attached hydrogen (secondary N) is 1. The lowest BCUT2D eigenvalue weighted by Crippen LogP contribution is -2.50. The number of hydrogen-bond acceptors (Lipinski definition) is 4. The average Bonchev–Trinajstić information content (AvgIpc) is 3.24. The Morgan fingerprint density at radius 3 is 3.17 bits per heavy atom. The highest BCUT2D eigenvalue weighted by Gasteiger charge is 2.29. The third-order valence-corrected chi connectivity index (χ3v) is 4.56. The summed E-state index contributed by atoms with van der Waals surface area (Å²) in [6.07, 6.45) is 4.57. The minimum atomic E-state index is -0.0279. The maximum absolute atomic E-state index is 12.4. The Bertz CT molecular complexity index is 600. The van der Waals surface area contributed by atoms with Gasteiger partial charge in [0.15, 0.2) is 0 Å². The van der Waals surface area contributed by atoms with Gasteiger partial charge in [0.25, 0.3) is 0 Å². The SMILES string of the molecule is C[C@@H]1CN(C(=O)NCCCn2cccn2)C[C@@H](c2ccsc2)O1. The summed E-state index contributed by atoms with van der Waals surface area (Å²) in [6.45, 7) is 4.70. The van der Waals surface area contributed by atoms with Crippen LogP contribution >= 0.6 is 11.3 Å². The van der Waals surface area contributed by atoms with E-state index in [2.05, 4.69) is 21.9 Å². The van der Waals surface area contributed by atoms with Crippen LogP contribution in [0, 0.1) is 0 Å². The van der Waals surface area contributed by atoms with Gasteiger partial charge in [-0.05, 0) is 41.8 Å². The van der Waals surface area contributed by atoms with Crippen LogP contribution in [0.5, 0.6) is 0 Å². The molecule has 0 aliphatic carbocycles. The molecule has 0 unspecified atom stereocenters. The predicted molar refractivity (Wildman–Crippen MR) is 89.4 cm³/mol. The third kappa shape index (κ3) is 4.33. The summed E-state index contributed by atoms with van der Waals surface area (Å²) in [5, 5.41) is 11.3. The molecule has 7 heteroatoms. The van der Waals surface area contributed by atoms with Gasteiger partial charge >= 0.3 is 6.03 Å². The highest BCUT2D eigenvalue weighted by molar-refractivity contribution is 7.07. The molecule has 0 aromatic carbocycles. The predicted octanol–water partition coefficient (Wildman–Crippen LogP) is 2.51. The van der Waals surface area contributed by atoms with E-state index in [0.717, 1.165) is 18.5 Å². The summed E-state index contributed by atoms with van der Waals surface area (Å²) in [5.41, 5.74) is 1.15. The monoisotopic (exact) mass is 334 g/mol. The van der Waals surface area contributed by atoms with Crippen LogP contribution in [0.3, 0.4) is 0 Å². The highest BCUT2D eigenvalue weighted by Crippen LogP contribution is 2.26. The number of rotatable bonds is 5. The van der Waals surface area contributed by atoms with Crippen molar-refractivity contribution in [3.05, 3.63) is 40.8 Å². The van der Waals surface area contributed by atoms with Crippen LogP contribution in [0.15, 0.2) is 35.3 Å². The first-order valence-corrected chi connectivity index (χ1v) is 8.84. The van der Waals surface area contributed by atoms with Crippen molar-refractivity contribution >= 4 is 17.4 Å². The largest absolute Gasteiger partial charge is 0.367 e. The molecule has 1 aliphatic rings. The first kappa shape index (κ1) is 16.0. The lowest BCUT2D eigenvalue weighted by atomic mass is 10.1. The minimum Gasteiger partial charge on any atom is -0.367 e. The standard InChI is InChI=1S/C16H22N4O2S/c1-13-10-19(11-15(22-13)14-4-9-23-12-14)16(21)17-5-2-7-20-8-3-6-18-20/h3-4,6,8-9,12-13,15H,2,5,7,10-11H2,1H3,(H,17,21)/t13-,15+/m1/s1. The fraction of sp³-hybridized carbons (Fsp3) is 0.500. The molecule has 6 nitrogen and oxygen atoms in total. The van der Waals surface area contributed by atoms with Crippen molar-refractivity contribution in [2.75, 3.05) is 19.6 Å². The van der Waals surface area contributed by atoms with Crippen LogP contribution in [0.1, 0.15) is 25.0 Å². The van der Waals surface area contributed by atoms with E-state index in [1.54, 1.807) is 17.5 Å². The van der Waals surface area contributed by atoms with Gasteiger partial charge in [-0.1, -0.05) is 0 Å². The Balaban J connectivity index is 1.46. The maximum Gasteiger partial charge on any atom is 0.317 e. The van der Waals surface area contributed by atoms with E-state index in [9.17, 15) is 4.79 Å². The van der Waals surface area contributed by atoms with Crippen molar-refractivity contribution < 1.29 is 9.53 Å². The Morgan fingerprint density at radius 1 is 1.52 bits per heavy atom. The average molecular weight is 334 g/mol. The molecule has 2 atom stereocenters. The van der Waals surface area contributed by atoms with Crippen LogP contribution in [0.25, 0.3) is 0 Å². The molecule has 1 aliphatic heterocycles. The summed E-state index contributed by atoms with van der Waals surface area (Å²) < 4.78 is 7.83. The summed E-state index contributed by atoms with van der Waals surface area (Å²) in [7, 11) is 0. The summed E-state index contributed by atoms with van der Waals surface area (Å²) in [5.74, 6) is 0. The molecule has 0 radical (unpaired) electrons. The van der Waals surface area contributed by atoms with Gasteiger partial charge in [-0.3, -0.25) is 4.68 Å². The van der Waals surface area contributed by atoms with Crippen LogP contribution in [-0.4, -0.2) is 46.4 Å². The second kappa shape index (κ2) is 7.61. The number of hydrogen-bond donors (Lipinski definition) is 1. The molecule has 124 valence electrons. The van der Waals surface area contributed by atoms with E-state index in [-0.39, 0.29) is 18.2 Å². The van der Waals surface area contributed by atoms with E-state index < -0.39 is 0 Å². The quantitative estimate of drug-likeness (QED) is 0.855. The van der Waals surface area contributed by atoms with Crippen molar-refractivity contribution in [1.82, 2.24) is 20.0 Å². The number of morpholine rings is 1. The summed E-state index contributed by atoms with van der Waals surface area (Å²) >= 11 is 1.65. The van der Waals surface area contributed by atoms with Crippen molar-refractivity contribution in [2.45, 2.75) is 32.1 Å². The van der Waals surface area contributed by atoms with E-state index in [1.165, 1.54) is 0 Å². The second-order valence-electron chi connectivity index (χ2n) is 5.75. The van der Waals surface area contributed by atoms with Gasteiger partial charge < -0.3 is 15.0 Å². The molecule has 0 bridgehead atoms. The molecule has 3 heterocycles. The first-order chi connectivity index (χ1) is 11.2. The zero-order chi connectivity index (χ0) is 16.1. The number of aryl methyl sites for hydroxylation is 1. The lowest BCUT2D eigenvalue weighted by Gasteiger charge is -2.36. The zero-order valence-electron chi connectivity index (χ0n) is 13.2. The lowest BCUT2D eigenvalue weighted by molar-refractivity contribution is -0.0654. The Kier molecular flexibility index (Phi) is 5.30. The molecule has 0 saturated carbocycles. The number of carbonyl (C=O) groups excluding carboxylic acids is 1. The minimum absolute atomic E-state index is 0.0131. The molecule has 23 heavy (non-hydrogen) atoms. The number of carbonyl (C=O) groups is 1. The molecule has 1 saturated heterocycles. The van der Waals surface area contributed by atoms with E-state index in [0.29, 0.717) is 19.6 Å². The Morgan fingerprint density at radius 2 is 2.43 bits per heavy atom. The number of thiophene rings is 1. The summed E-state index contributed by atoms with van der Waals surface area (Å²) in [6, 6.07) is 3.95. The number of aromatic nitrogens is 2. The van der Waals surface area contributed by atoms with Crippen LogP contribution in [0.2, 0.25) is 0 Å². The third-order valence-electron chi connectivity index (χ3n) is 3.86. The van der Waals surface area contributed by atoms with Crippen LogP contribution in [-0.2, 0) is 11.3 Å². The number of nitrogens with zero attached hydrogens (tertiary/aromatic N) is 3. The molecular weight excluding hydrogens is 312 g/mol. The van der Waals surface area contributed by atoms with Gasteiger partial charge in [-0.25, -0.2) is 4.79 Å². The second-order valence-corrected chi connectivity index (χ2v) is 6.53. The number of urea groups is 1. The topological polar surface area (TPSA) is 59.4 Å². The van der Waals surface area contributed by atoms with Crippen molar-refractivity contribution in [2.24, 2.45) is 0 Å². The van der Waals surface area contributed by atoms with Gasteiger partial charge in [-0.2, -0.15) is 16.4 Å². The van der Waals surface area contributed by atoms with Gasteiger partial charge in [0.1, 0.15) is 6.10 Å². The zero-order valence-corrected chi connectivity index (χ0v) is 14.0. The van der Waals surface area contributed by atoms with Crippen molar-refractivity contribution in [3.63, 3.8) is 0 Å². The molecular formula is C16H22N4O2S. The van der Waals surface area contributed by atoms with E-state index in [4.69, 9.17) is 4.74 Å². The summed E-state index contributed by atoms with van der Waals surface area (Å²) in [4.78, 5) is 14.2. The van der Waals surface area contributed by atoms with Gasteiger partial charge in [0.05, 0.1) is 12.6 Å². The first-order valence-electron chi connectivity index (χ1n) is 7.90. The van der Waals surface area contributed by atoms with E-state index in [1.807, 2.05) is 34.1 Å².